The summed E-state index contributed by atoms with van der Waals surface area (Å²) in [4.78, 5) is 11.6. The predicted molar refractivity (Wildman–Crippen MR) is 80.9 cm³/mol. The first kappa shape index (κ1) is 12.2. The molecule has 3 nitrogen and oxygen atoms in total. The second-order valence-electron chi connectivity index (χ2n) is 5.71. The van der Waals surface area contributed by atoms with Crippen molar-refractivity contribution in [1.82, 2.24) is 0 Å². The van der Waals surface area contributed by atoms with Crippen LogP contribution in [0.2, 0.25) is 0 Å². The molecule has 1 saturated heterocycles. The van der Waals surface area contributed by atoms with Crippen molar-refractivity contribution in [3.8, 4) is 0 Å². The molecule has 3 aromatic rings. The molecule has 1 unspecified atom stereocenters. The minimum Gasteiger partial charge on any atom is -0.457 e. The summed E-state index contributed by atoms with van der Waals surface area (Å²) in [5, 5.41) is 3.34. The summed E-state index contributed by atoms with van der Waals surface area (Å²) in [6, 6.07) is 14.1. The van der Waals surface area contributed by atoms with Crippen molar-refractivity contribution in [2.24, 2.45) is 0 Å². The summed E-state index contributed by atoms with van der Waals surface area (Å²) in [6.45, 7) is 5.61. The zero-order valence-electron chi connectivity index (χ0n) is 11.7. The molecular formula is C18H14O3. The number of furan rings is 1. The molecule has 4 rings (SSSR count). The number of fused-ring (bicyclic) bond motifs is 3. The molecule has 0 saturated carbocycles. The number of hydrogen-bond acceptors (Lipinski definition) is 3. The molecule has 1 aliphatic heterocycles. The summed E-state index contributed by atoms with van der Waals surface area (Å²) >= 11 is 0. The van der Waals surface area contributed by atoms with Gasteiger partial charge in [0.05, 0.1) is 0 Å². The highest BCUT2D eigenvalue weighted by Gasteiger charge is 2.42. The molecule has 0 bridgehead atoms. The van der Waals surface area contributed by atoms with Gasteiger partial charge >= 0.3 is 5.97 Å². The summed E-state index contributed by atoms with van der Waals surface area (Å²) in [5.74, 6) is 0.323. The van der Waals surface area contributed by atoms with E-state index in [9.17, 15) is 4.79 Å². The van der Waals surface area contributed by atoms with E-state index in [-0.39, 0.29) is 5.97 Å². The lowest BCUT2D eigenvalue weighted by molar-refractivity contribution is -0.147. The van der Waals surface area contributed by atoms with Crippen LogP contribution >= 0.6 is 0 Å². The molecule has 0 amide bonds. The quantitative estimate of drug-likeness (QED) is 0.492. The van der Waals surface area contributed by atoms with Crippen molar-refractivity contribution < 1.29 is 13.9 Å². The molecule has 0 radical (unpaired) electrons. The minimum atomic E-state index is -0.756. The Balaban J connectivity index is 1.94. The number of esters is 1. The second-order valence-corrected chi connectivity index (χ2v) is 5.71. The van der Waals surface area contributed by atoms with Gasteiger partial charge in [0.25, 0.3) is 0 Å². The van der Waals surface area contributed by atoms with Crippen molar-refractivity contribution in [2.75, 3.05) is 0 Å². The standard InChI is InChI=1S/C18H14O3/c1-11-10-18(2,21-17(11)19)16-9-14-13-6-4-3-5-12(13)7-8-15(14)20-16/h3-9H,1,10H2,2H3. The van der Waals surface area contributed by atoms with Crippen molar-refractivity contribution in [3.63, 3.8) is 0 Å². The van der Waals surface area contributed by atoms with Gasteiger partial charge in [-0.15, -0.1) is 0 Å². The van der Waals surface area contributed by atoms with Gasteiger partial charge in [-0.25, -0.2) is 4.79 Å². The van der Waals surface area contributed by atoms with Crippen LogP contribution in [0.4, 0.5) is 0 Å². The summed E-state index contributed by atoms with van der Waals surface area (Å²) < 4.78 is 11.4. The largest absolute Gasteiger partial charge is 0.457 e. The third-order valence-electron chi connectivity index (χ3n) is 4.10. The Bertz CT molecular complexity index is 885. The molecule has 1 fully saturated rings. The van der Waals surface area contributed by atoms with Crippen molar-refractivity contribution in [3.05, 3.63) is 60.4 Å². The number of benzene rings is 2. The van der Waals surface area contributed by atoms with E-state index in [0.717, 1.165) is 21.7 Å². The van der Waals surface area contributed by atoms with Gasteiger partial charge in [-0.3, -0.25) is 0 Å². The fourth-order valence-electron chi connectivity index (χ4n) is 2.98. The topological polar surface area (TPSA) is 39.4 Å². The maximum Gasteiger partial charge on any atom is 0.334 e. The van der Waals surface area contributed by atoms with Crippen LogP contribution in [0.1, 0.15) is 19.1 Å². The van der Waals surface area contributed by atoms with Crippen LogP contribution in [-0.2, 0) is 15.1 Å². The molecular weight excluding hydrogens is 264 g/mol. The number of cyclic esters (lactones) is 1. The fourth-order valence-corrected chi connectivity index (χ4v) is 2.98. The van der Waals surface area contributed by atoms with Gasteiger partial charge in [0.1, 0.15) is 11.3 Å². The molecule has 1 aliphatic rings. The van der Waals surface area contributed by atoms with Crippen LogP contribution in [0.3, 0.4) is 0 Å². The Kier molecular flexibility index (Phi) is 2.31. The third kappa shape index (κ3) is 1.70. The average molecular weight is 278 g/mol. The van der Waals surface area contributed by atoms with Gasteiger partial charge < -0.3 is 9.15 Å². The zero-order valence-corrected chi connectivity index (χ0v) is 11.7. The third-order valence-corrected chi connectivity index (χ3v) is 4.10. The first-order valence-corrected chi connectivity index (χ1v) is 6.90. The molecule has 21 heavy (non-hydrogen) atoms. The summed E-state index contributed by atoms with van der Waals surface area (Å²) in [6.07, 6.45) is 0.462. The van der Waals surface area contributed by atoms with E-state index >= 15 is 0 Å². The molecule has 0 N–H and O–H groups in total. The highest BCUT2D eigenvalue weighted by molar-refractivity contribution is 6.06. The number of rotatable bonds is 1. The van der Waals surface area contributed by atoms with Gasteiger partial charge in [0.15, 0.2) is 5.60 Å². The average Bonchev–Trinajstić information content (AvgIpc) is 3.02. The first-order chi connectivity index (χ1) is 10.1. The molecule has 2 aromatic carbocycles. The maximum atomic E-state index is 11.6. The fraction of sp³-hybridized carbons (Fsp3) is 0.167. The number of carbonyl (C=O) groups excluding carboxylic acids is 1. The molecule has 104 valence electrons. The minimum absolute atomic E-state index is 0.345. The van der Waals surface area contributed by atoms with E-state index in [0.29, 0.717) is 17.8 Å². The van der Waals surface area contributed by atoms with E-state index in [1.165, 1.54) is 0 Å². The number of carbonyl (C=O) groups is 1. The molecule has 1 atom stereocenters. The number of ether oxygens (including phenoxy) is 1. The van der Waals surface area contributed by atoms with Gasteiger partial charge in [-0.1, -0.05) is 36.9 Å². The highest BCUT2D eigenvalue weighted by Crippen LogP contribution is 2.41. The Labute approximate surface area is 121 Å². The van der Waals surface area contributed by atoms with Crippen molar-refractivity contribution in [2.45, 2.75) is 18.9 Å². The van der Waals surface area contributed by atoms with Crippen LogP contribution in [0, 0.1) is 0 Å². The lowest BCUT2D eigenvalue weighted by atomic mass is 9.97. The second kappa shape index (κ2) is 3.98. The smallest absolute Gasteiger partial charge is 0.334 e. The van der Waals surface area contributed by atoms with Gasteiger partial charge in [0, 0.05) is 17.4 Å². The van der Waals surface area contributed by atoms with Gasteiger partial charge in [0.2, 0.25) is 0 Å². The lowest BCUT2D eigenvalue weighted by Gasteiger charge is -2.18. The SMILES string of the molecule is C=C1CC(C)(c2cc3c(ccc4ccccc43)o2)OC1=O. The Hall–Kier alpha value is -2.55. The Morgan fingerprint density at radius 1 is 1.14 bits per heavy atom. The molecule has 0 spiro atoms. The lowest BCUT2D eigenvalue weighted by Crippen LogP contribution is -2.19. The Morgan fingerprint density at radius 3 is 2.71 bits per heavy atom. The van der Waals surface area contributed by atoms with E-state index < -0.39 is 5.60 Å². The van der Waals surface area contributed by atoms with Crippen molar-refractivity contribution >= 4 is 27.7 Å². The summed E-state index contributed by atoms with van der Waals surface area (Å²) in [5.41, 5.74) is 0.537. The van der Waals surface area contributed by atoms with E-state index in [1.807, 2.05) is 37.3 Å². The van der Waals surface area contributed by atoms with E-state index in [4.69, 9.17) is 9.15 Å². The van der Waals surface area contributed by atoms with Gasteiger partial charge in [-0.05, 0) is 29.8 Å². The van der Waals surface area contributed by atoms with Crippen molar-refractivity contribution in [1.29, 1.82) is 0 Å². The van der Waals surface area contributed by atoms with Crippen LogP contribution in [0.25, 0.3) is 21.7 Å². The molecule has 0 aliphatic carbocycles. The molecule has 1 aromatic heterocycles. The van der Waals surface area contributed by atoms with Gasteiger partial charge in [-0.2, -0.15) is 0 Å². The normalized spacial score (nSPS) is 22.1. The predicted octanol–water partition coefficient (Wildman–Crippen LogP) is 4.30. The van der Waals surface area contributed by atoms with E-state index in [1.54, 1.807) is 0 Å². The number of hydrogen-bond donors (Lipinski definition) is 0. The molecule has 2 heterocycles. The zero-order chi connectivity index (χ0) is 14.6. The highest BCUT2D eigenvalue weighted by atomic mass is 16.6. The Morgan fingerprint density at radius 2 is 1.95 bits per heavy atom. The van der Waals surface area contributed by atoms with E-state index in [2.05, 4.69) is 18.7 Å². The van der Waals surface area contributed by atoms with Crippen LogP contribution in [0.15, 0.2) is 59.0 Å². The summed E-state index contributed by atoms with van der Waals surface area (Å²) in [7, 11) is 0. The first-order valence-electron chi connectivity index (χ1n) is 6.90. The van der Waals surface area contributed by atoms with Crippen LogP contribution < -0.4 is 0 Å². The van der Waals surface area contributed by atoms with Crippen LogP contribution in [0.5, 0.6) is 0 Å². The molecule has 3 heteroatoms. The monoisotopic (exact) mass is 278 g/mol. The van der Waals surface area contributed by atoms with Crippen LogP contribution in [-0.4, -0.2) is 5.97 Å². The maximum absolute atomic E-state index is 11.6.